The quantitative estimate of drug-likeness (QED) is 0.689. The number of hydrogen-bond donors (Lipinski definition) is 1. The Bertz CT molecular complexity index is 310. The lowest BCUT2D eigenvalue weighted by molar-refractivity contribution is -0.158. The van der Waals surface area contributed by atoms with Gasteiger partial charge in [0.25, 0.3) is 0 Å². The van der Waals surface area contributed by atoms with Crippen molar-refractivity contribution in [3.8, 4) is 0 Å². The van der Waals surface area contributed by atoms with Crippen molar-refractivity contribution < 1.29 is 29.0 Å². The van der Waals surface area contributed by atoms with Crippen molar-refractivity contribution in [3.63, 3.8) is 0 Å². The highest BCUT2D eigenvalue weighted by Gasteiger charge is 2.20. The molecule has 0 aliphatic heterocycles. The molecule has 104 valence electrons. The van der Waals surface area contributed by atoms with Crippen LogP contribution in [-0.2, 0) is 23.9 Å². The van der Waals surface area contributed by atoms with Gasteiger partial charge in [0.05, 0.1) is 17.8 Å². The van der Waals surface area contributed by atoms with Gasteiger partial charge < -0.3 is 14.6 Å². The summed E-state index contributed by atoms with van der Waals surface area (Å²) < 4.78 is 9.69. The van der Waals surface area contributed by atoms with Gasteiger partial charge in [-0.25, -0.2) is 0 Å². The van der Waals surface area contributed by atoms with Crippen LogP contribution in [0.4, 0.5) is 0 Å². The fraction of sp³-hybridized carbons (Fsp3) is 0.750. The standard InChI is InChI=1S/C12H20O6/c1-7(2)11(15)17-6-9(4)12(16)18-5-8(3)10(13)14/h7-9H,5-6H2,1-4H3,(H,13,14)/t8-,9-/m1/s1. The molecule has 18 heavy (non-hydrogen) atoms. The van der Waals surface area contributed by atoms with Crippen LogP contribution in [0.1, 0.15) is 27.7 Å². The minimum atomic E-state index is -1.03. The molecule has 0 aliphatic carbocycles. The molecule has 0 saturated heterocycles. The monoisotopic (exact) mass is 260 g/mol. The van der Waals surface area contributed by atoms with E-state index in [2.05, 4.69) is 0 Å². The molecule has 2 atom stereocenters. The number of aliphatic carboxylic acids is 1. The van der Waals surface area contributed by atoms with E-state index < -0.39 is 23.8 Å². The highest BCUT2D eigenvalue weighted by Crippen LogP contribution is 2.05. The molecule has 0 aromatic carbocycles. The zero-order valence-corrected chi connectivity index (χ0v) is 11.1. The van der Waals surface area contributed by atoms with E-state index in [1.807, 2.05) is 0 Å². The summed E-state index contributed by atoms with van der Waals surface area (Å²) >= 11 is 0. The van der Waals surface area contributed by atoms with Crippen LogP contribution < -0.4 is 0 Å². The fourth-order valence-electron chi connectivity index (χ4n) is 0.863. The predicted molar refractivity (Wildman–Crippen MR) is 62.7 cm³/mol. The molecule has 0 rings (SSSR count). The van der Waals surface area contributed by atoms with E-state index in [1.165, 1.54) is 6.92 Å². The summed E-state index contributed by atoms with van der Waals surface area (Å²) in [7, 11) is 0. The summed E-state index contributed by atoms with van der Waals surface area (Å²) in [6.07, 6.45) is 0. The third kappa shape index (κ3) is 6.22. The molecule has 0 radical (unpaired) electrons. The Labute approximate surface area is 106 Å². The van der Waals surface area contributed by atoms with Gasteiger partial charge in [0.2, 0.25) is 0 Å². The van der Waals surface area contributed by atoms with E-state index in [0.29, 0.717) is 0 Å². The number of rotatable bonds is 7. The summed E-state index contributed by atoms with van der Waals surface area (Å²) in [5.74, 6) is -3.58. The third-order valence-electron chi connectivity index (χ3n) is 2.25. The molecule has 6 heteroatoms. The normalized spacial score (nSPS) is 13.8. The second kappa shape index (κ2) is 7.68. The molecule has 0 spiro atoms. The van der Waals surface area contributed by atoms with Crippen LogP contribution in [0.3, 0.4) is 0 Å². The van der Waals surface area contributed by atoms with Gasteiger partial charge in [-0.15, -0.1) is 0 Å². The molecule has 0 aromatic rings. The van der Waals surface area contributed by atoms with E-state index in [-0.39, 0.29) is 25.1 Å². The molecule has 1 N–H and O–H groups in total. The Hall–Kier alpha value is -1.59. The zero-order chi connectivity index (χ0) is 14.3. The smallest absolute Gasteiger partial charge is 0.312 e. The van der Waals surface area contributed by atoms with Gasteiger partial charge in [0, 0.05) is 0 Å². The predicted octanol–water partition coefficient (Wildman–Crippen LogP) is 1.09. The van der Waals surface area contributed by atoms with Gasteiger partial charge >= 0.3 is 17.9 Å². The Kier molecular flexibility index (Phi) is 7.00. The maximum atomic E-state index is 11.4. The molecule has 0 unspecified atom stereocenters. The first-order valence-corrected chi connectivity index (χ1v) is 5.81. The van der Waals surface area contributed by atoms with Crippen LogP contribution in [0.5, 0.6) is 0 Å². The lowest BCUT2D eigenvalue weighted by atomic mass is 10.2. The summed E-state index contributed by atoms with van der Waals surface area (Å²) in [6, 6.07) is 0. The molecule has 0 aromatic heterocycles. The highest BCUT2D eigenvalue weighted by atomic mass is 16.6. The summed E-state index contributed by atoms with van der Waals surface area (Å²) in [5.41, 5.74) is 0. The maximum absolute atomic E-state index is 11.4. The van der Waals surface area contributed by atoms with Crippen LogP contribution in [0.15, 0.2) is 0 Å². The van der Waals surface area contributed by atoms with Crippen LogP contribution >= 0.6 is 0 Å². The minimum Gasteiger partial charge on any atom is -0.481 e. The Morgan fingerprint density at radius 1 is 0.889 bits per heavy atom. The fourth-order valence-corrected chi connectivity index (χ4v) is 0.863. The molecular weight excluding hydrogens is 240 g/mol. The molecule has 0 amide bonds. The molecule has 0 aliphatic rings. The average Bonchev–Trinajstić information content (AvgIpc) is 2.31. The summed E-state index contributed by atoms with van der Waals surface area (Å²) in [5, 5.41) is 8.61. The van der Waals surface area contributed by atoms with Gasteiger partial charge in [0.1, 0.15) is 13.2 Å². The zero-order valence-electron chi connectivity index (χ0n) is 11.1. The number of ether oxygens (including phenoxy) is 2. The second-order valence-corrected chi connectivity index (χ2v) is 4.56. The van der Waals surface area contributed by atoms with Crippen LogP contribution in [-0.4, -0.2) is 36.2 Å². The number of carboxylic acid groups (broad SMARTS) is 1. The first kappa shape index (κ1) is 16.4. The van der Waals surface area contributed by atoms with Crippen LogP contribution in [0.25, 0.3) is 0 Å². The van der Waals surface area contributed by atoms with Crippen molar-refractivity contribution in [1.82, 2.24) is 0 Å². The Balaban J connectivity index is 3.97. The Morgan fingerprint density at radius 2 is 1.33 bits per heavy atom. The van der Waals surface area contributed by atoms with Crippen molar-refractivity contribution in [2.75, 3.05) is 13.2 Å². The van der Waals surface area contributed by atoms with Gasteiger partial charge in [0.15, 0.2) is 0 Å². The van der Waals surface area contributed by atoms with Crippen LogP contribution in [0.2, 0.25) is 0 Å². The first-order chi connectivity index (χ1) is 8.25. The number of hydrogen-bond acceptors (Lipinski definition) is 5. The SMILES string of the molecule is CC(C)C(=O)OC[C@@H](C)C(=O)OC[C@@H](C)C(=O)O. The van der Waals surface area contributed by atoms with Gasteiger partial charge in [-0.1, -0.05) is 13.8 Å². The molecule has 0 fully saturated rings. The second-order valence-electron chi connectivity index (χ2n) is 4.56. The highest BCUT2D eigenvalue weighted by molar-refractivity contribution is 5.75. The number of carbonyl (C=O) groups is 3. The maximum Gasteiger partial charge on any atom is 0.312 e. The van der Waals surface area contributed by atoms with Crippen molar-refractivity contribution in [2.45, 2.75) is 27.7 Å². The van der Waals surface area contributed by atoms with E-state index in [9.17, 15) is 14.4 Å². The number of carboxylic acids is 1. The topological polar surface area (TPSA) is 89.9 Å². The molecule has 6 nitrogen and oxygen atoms in total. The third-order valence-corrected chi connectivity index (χ3v) is 2.25. The number of carbonyl (C=O) groups excluding carboxylic acids is 2. The van der Waals surface area contributed by atoms with Crippen molar-refractivity contribution in [3.05, 3.63) is 0 Å². The van der Waals surface area contributed by atoms with E-state index in [4.69, 9.17) is 14.6 Å². The van der Waals surface area contributed by atoms with E-state index in [0.717, 1.165) is 0 Å². The van der Waals surface area contributed by atoms with E-state index in [1.54, 1.807) is 20.8 Å². The van der Waals surface area contributed by atoms with Gasteiger partial charge in [-0.05, 0) is 13.8 Å². The van der Waals surface area contributed by atoms with Crippen molar-refractivity contribution in [2.24, 2.45) is 17.8 Å². The molecular formula is C12H20O6. The first-order valence-electron chi connectivity index (χ1n) is 5.81. The van der Waals surface area contributed by atoms with Crippen molar-refractivity contribution >= 4 is 17.9 Å². The van der Waals surface area contributed by atoms with Crippen molar-refractivity contribution in [1.29, 1.82) is 0 Å². The minimum absolute atomic E-state index is 0.0582. The summed E-state index contributed by atoms with van der Waals surface area (Å²) in [4.78, 5) is 33.1. The molecule has 0 bridgehead atoms. The lowest BCUT2D eigenvalue weighted by Gasteiger charge is -2.14. The number of esters is 2. The molecule has 0 saturated carbocycles. The van der Waals surface area contributed by atoms with Crippen LogP contribution in [0, 0.1) is 17.8 Å². The van der Waals surface area contributed by atoms with Gasteiger partial charge in [-0.3, -0.25) is 14.4 Å². The van der Waals surface area contributed by atoms with Gasteiger partial charge in [-0.2, -0.15) is 0 Å². The average molecular weight is 260 g/mol. The Morgan fingerprint density at radius 3 is 1.78 bits per heavy atom. The van der Waals surface area contributed by atoms with E-state index >= 15 is 0 Å². The largest absolute Gasteiger partial charge is 0.481 e. The molecule has 0 heterocycles. The lowest BCUT2D eigenvalue weighted by Crippen LogP contribution is -2.26. The summed E-state index contributed by atoms with van der Waals surface area (Å²) in [6.45, 7) is 6.15.